The summed E-state index contributed by atoms with van der Waals surface area (Å²) in [6.07, 6.45) is 6.22. The molecule has 2 aliphatic heterocycles. The lowest BCUT2D eigenvalue weighted by molar-refractivity contribution is -0.122. The fourth-order valence-electron chi connectivity index (χ4n) is 3.20. The number of nitrogens with zero attached hydrogens (tertiary/aromatic N) is 3. The number of hydrogen-bond donors (Lipinski definition) is 1. The van der Waals surface area contributed by atoms with Crippen LogP contribution in [0, 0.1) is 5.92 Å². The molecule has 2 amide bonds. The van der Waals surface area contributed by atoms with Gasteiger partial charge in [0.25, 0.3) is 0 Å². The molecule has 6 heteroatoms. The zero-order valence-corrected chi connectivity index (χ0v) is 11.9. The highest BCUT2D eigenvalue weighted by Crippen LogP contribution is 2.34. The quantitative estimate of drug-likeness (QED) is 0.810. The summed E-state index contributed by atoms with van der Waals surface area (Å²) in [5.74, 6) is 0.179. The van der Waals surface area contributed by atoms with Crippen LogP contribution in [0.1, 0.15) is 24.3 Å². The number of hydrogen-bond acceptors (Lipinski definition) is 4. The minimum Gasteiger partial charge on any atom is -0.371 e. The Morgan fingerprint density at radius 2 is 2.05 bits per heavy atom. The molecule has 0 bridgehead atoms. The van der Waals surface area contributed by atoms with Crippen LogP contribution in [-0.4, -0.2) is 48.4 Å². The van der Waals surface area contributed by atoms with Crippen molar-refractivity contribution in [3.63, 3.8) is 0 Å². The molecular formula is C15H20N4O2. The molecule has 1 aromatic heterocycles. The second kappa shape index (κ2) is 5.71. The summed E-state index contributed by atoms with van der Waals surface area (Å²) < 4.78 is 0. The van der Waals surface area contributed by atoms with Crippen LogP contribution in [0.15, 0.2) is 18.5 Å². The van der Waals surface area contributed by atoms with E-state index in [0.717, 1.165) is 45.4 Å². The third kappa shape index (κ3) is 2.70. The van der Waals surface area contributed by atoms with Gasteiger partial charge in [0.2, 0.25) is 12.3 Å². The van der Waals surface area contributed by atoms with Gasteiger partial charge in [0.05, 0.1) is 0 Å². The lowest BCUT2D eigenvalue weighted by atomic mass is 9.90. The Morgan fingerprint density at radius 1 is 1.33 bits per heavy atom. The van der Waals surface area contributed by atoms with Gasteiger partial charge in [0, 0.05) is 61.7 Å². The van der Waals surface area contributed by atoms with Crippen molar-refractivity contribution in [1.29, 1.82) is 0 Å². The monoisotopic (exact) mass is 288 g/mol. The molecule has 3 rings (SSSR count). The maximum Gasteiger partial charge on any atom is 0.220 e. The van der Waals surface area contributed by atoms with E-state index in [0.29, 0.717) is 5.92 Å². The maximum absolute atomic E-state index is 11.3. The lowest BCUT2D eigenvalue weighted by Crippen LogP contribution is -2.45. The number of likely N-dealkylation sites (tertiary alicyclic amines) is 1. The Balaban J connectivity index is 1.71. The second-order valence-electron chi connectivity index (χ2n) is 5.85. The number of piperidine rings is 1. The summed E-state index contributed by atoms with van der Waals surface area (Å²) in [6, 6.07) is 2.03. The van der Waals surface area contributed by atoms with E-state index in [1.54, 1.807) is 11.1 Å². The fraction of sp³-hybridized carbons (Fsp3) is 0.533. The third-order valence-corrected chi connectivity index (χ3v) is 4.56. The molecule has 21 heavy (non-hydrogen) atoms. The minimum absolute atomic E-state index is 0.000736. The number of amides is 2. The second-order valence-corrected chi connectivity index (χ2v) is 5.85. The van der Waals surface area contributed by atoms with Gasteiger partial charge in [-0.2, -0.15) is 0 Å². The molecule has 0 aromatic carbocycles. The molecule has 112 valence electrons. The molecule has 0 saturated carbocycles. The maximum atomic E-state index is 11.3. The summed E-state index contributed by atoms with van der Waals surface area (Å²) >= 11 is 0. The molecule has 6 nitrogen and oxygen atoms in total. The van der Waals surface area contributed by atoms with Crippen molar-refractivity contribution in [3.05, 3.63) is 24.0 Å². The first-order valence-electron chi connectivity index (χ1n) is 7.36. The van der Waals surface area contributed by atoms with Gasteiger partial charge in [0.1, 0.15) is 0 Å². The predicted molar refractivity (Wildman–Crippen MR) is 78.7 cm³/mol. The Hall–Kier alpha value is -2.11. The first kappa shape index (κ1) is 13.9. The summed E-state index contributed by atoms with van der Waals surface area (Å²) in [5.41, 5.74) is 7.77. The van der Waals surface area contributed by atoms with Crippen molar-refractivity contribution in [2.75, 3.05) is 31.1 Å². The molecule has 0 unspecified atom stereocenters. The fourth-order valence-corrected chi connectivity index (χ4v) is 3.20. The number of rotatable bonds is 4. The van der Waals surface area contributed by atoms with E-state index in [9.17, 15) is 9.59 Å². The molecule has 2 aliphatic rings. The van der Waals surface area contributed by atoms with E-state index in [1.807, 2.05) is 12.3 Å². The number of nitrogens with two attached hydrogens (primary N) is 1. The average Bonchev–Trinajstić information content (AvgIpc) is 2.47. The Morgan fingerprint density at radius 3 is 2.67 bits per heavy atom. The van der Waals surface area contributed by atoms with Crippen LogP contribution < -0.4 is 10.6 Å². The van der Waals surface area contributed by atoms with Crippen LogP contribution in [0.2, 0.25) is 0 Å². The van der Waals surface area contributed by atoms with E-state index in [-0.39, 0.29) is 11.8 Å². The summed E-state index contributed by atoms with van der Waals surface area (Å²) in [5, 5.41) is 0. The van der Waals surface area contributed by atoms with Crippen molar-refractivity contribution >= 4 is 18.0 Å². The van der Waals surface area contributed by atoms with Gasteiger partial charge >= 0.3 is 0 Å². The summed E-state index contributed by atoms with van der Waals surface area (Å²) in [7, 11) is 0. The highest BCUT2D eigenvalue weighted by Gasteiger charge is 2.31. The SMILES string of the molecule is NC(=O)C1CCN(c2ccncc2C2CN(C=O)C2)CC1. The van der Waals surface area contributed by atoms with Crippen LogP contribution >= 0.6 is 0 Å². The van der Waals surface area contributed by atoms with Gasteiger partial charge in [-0.1, -0.05) is 0 Å². The minimum atomic E-state index is -0.190. The average molecular weight is 288 g/mol. The number of aromatic nitrogens is 1. The Kier molecular flexibility index (Phi) is 3.77. The van der Waals surface area contributed by atoms with Crippen LogP contribution in [0.25, 0.3) is 0 Å². The van der Waals surface area contributed by atoms with Crippen LogP contribution in [0.4, 0.5) is 5.69 Å². The largest absolute Gasteiger partial charge is 0.371 e. The normalized spacial score (nSPS) is 20.2. The smallest absolute Gasteiger partial charge is 0.220 e. The summed E-state index contributed by atoms with van der Waals surface area (Å²) in [6.45, 7) is 3.21. The zero-order chi connectivity index (χ0) is 14.8. The number of carbonyl (C=O) groups is 2. The van der Waals surface area contributed by atoms with E-state index < -0.39 is 0 Å². The van der Waals surface area contributed by atoms with Gasteiger partial charge in [0.15, 0.2) is 0 Å². The van der Waals surface area contributed by atoms with Crippen molar-refractivity contribution < 1.29 is 9.59 Å². The van der Waals surface area contributed by atoms with Crippen LogP contribution in [0.3, 0.4) is 0 Å². The molecule has 2 fully saturated rings. The Bertz CT molecular complexity index is 534. The van der Waals surface area contributed by atoms with E-state index in [2.05, 4.69) is 9.88 Å². The van der Waals surface area contributed by atoms with E-state index >= 15 is 0 Å². The van der Waals surface area contributed by atoms with Crippen LogP contribution in [0.5, 0.6) is 0 Å². The number of pyridine rings is 1. The van der Waals surface area contributed by atoms with E-state index in [4.69, 9.17) is 5.73 Å². The van der Waals surface area contributed by atoms with Crippen LogP contribution in [-0.2, 0) is 9.59 Å². The molecule has 0 aliphatic carbocycles. The Labute approximate surface area is 123 Å². The highest BCUT2D eigenvalue weighted by molar-refractivity contribution is 5.77. The third-order valence-electron chi connectivity index (χ3n) is 4.56. The molecule has 0 spiro atoms. The first-order valence-corrected chi connectivity index (χ1v) is 7.36. The number of carbonyl (C=O) groups excluding carboxylic acids is 2. The van der Waals surface area contributed by atoms with Gasteiger partial charge < -0.3 is 15.5 Å². The van der Waals surface area contributed by atoms with Crippen molar-refractivity contribution in [3.8, 4) is 0 Å². The van der Waals surface area contributed by atoms with Gasteiger partial charge in [-0.25, -0.2) is 0 Å². The standard InChI is InChI=1S/C15H20N4O2/c16-15(21)11-2-5-19(6-3-11)14-1-4-17-7-13(14)12-8-18(9-12)10-20/h1,4,7,10-12H,2-3,5-6,8-9H2,(H2,16,21). The molecule has 0 radical (unpaired) electrons. The molecular weight excluding hydrogens is 268 g/mol. The molecule has 3 heterocycles. The van der Waals surface area contributed by atoms with Gasteiger partial charge in [-0.15, -0.1) is 0 Å². The lowest BCUT2D eigenvalue weighted by Gasteiger charge is -2.40. The topological polar surface area (TPSA) is 79.5 Å². The zero-order valence-electron chi connectivity index (χ0n) is 11.9. The van der Waals surface area contributed by atoms with Crippen molar-refractivity contribution in [2.24, 2.45) is 11.7 Å². The molecule has 2 saturated heterocycles. The van der Waals surface area contributed by atoms with E-state index in [1.165, 1.54) is 11.3 Å². The van der Waals surface area contributed by atoms with Gasteiger partial charge in [-0.05, 0) is 18.9 Å². The van der Waals surface area contributed by atoms with Gasteiger partial charge in [-0.3, -0.25) is 14.6 Å². The molecule has 2 N–H and O–H groups in total. The number of primary amides is 1. The molecule has 0 atom stereocenters. The first-order chi connectivity index (χ1) is 10.2. The predicted octanol–water partition coefficient (Wildman–Crippen LogP) is 0.339. The number of anilines is 1. The highest BCUT2D eigenvalue weighted by atomic mass is 16.1. The van der Waals surface area contributed by atoms with Crippen molar-refractivity contribution in [2.45, 2.75) is 18.8 Å². The summed E-state index contributed by atoms with van der Waals surface area (Å²) in [4.78, 5) is 30.3. The van der Waals surface area contributed by atoms with Crippen molar-refractivity contribution in [1.82, 2.24) is 9.88 Å². The molecule has 1 aromatic rings.